The Labute approximate surface area is 269 Å². The zero-order valence-electron chi connectivity index (χ0n) is 25.9. The number of hydrogen-bond acceptors (Lipinski definition) is 13. The number of ether oxygens (including phenoxy) is 4. The molecule has 0 radical (unpaired) electrons. The smallest absolute Gasteiger partial charge is 0.459 e. The number of fused-ring (bicyclic) bond motifs is 2. The second-order valence-electron chi connectivity index (χ2n) is 11.5. The van der Waals surface area contributed by atoms with Gasteiger partial charge in [0.1, 0.15) is 29.6 Å². The van der Waals surface area contributed by atoms with Crippen LogP contribution in [0.15, 0.2) is 48.8 Å². The van der Waals surface area contributed by atoms with Crippen molar-refractivity contribution in [3.63, 3.8) is 0 Å². The number of carbonyl (C=O) groups excluding carboxylic acids is 1. The van der Waals surface area contributed by atoms with E-state index < -0.39 is 50.5 Å². The highest BCUT2D eigenvalue weighted by Gasteiger charge is 2.55. The zero-order chi connectivity index (χ0) is 33.3. The molecule has 2 aromatic carbocycles. The molecule has 0 amide bonds. The first-order chi connectivity index (χ1) is 22.5. The van der Waals surface area contributed by atoms with Gasteiger partial charge in [-0.3, -0.25) is 13.9 Å². The predicted molar refractivity (Wildman–Crippen MR) is 166 cm³/mol. The molecular weight excluding hydrogens is 638 g/mol. The van der Waals surface area contributed by atoms with Crippen molar-refractivity contribution < 1.29 is 46.9 Å². The zero-order valence-corrected chi connectivity index (χ0v) is 26.8. The number of anilines is 1. The average Bonchev–Trinajstić information content (AvgIpc) is 3.57. The molecule has 17 heteroatoms. The molecule has 0 spiro atoms. The number of nitrogens with two attached hydrogens (primary N) is 1. The van der Waals surface area contributed by atoms with Gasteiger partial charge >= 0.3 is 13.7 Å². The first kappa shape index (κ1) is 33.0. The number of alkyl halides is 1. The molecule has 2 fully saturated rings. The Morgan fingerprint density at radius 3 is 2.74 bits per heavy atom. The van der Waals surface area contributed by atoms with Crippen LogP contribution in [0, 0.1) is 0 Å². The quantitative estimate of drug-likeness (QED) is 0.155. The number of aliphatic hydroxyl groups is 1. The summed E-state index contributed by atoms with van der Waals surface area (Å²) >= 11 is 0. The van der Waals surface area contributed by atoms with Crippen molar-refractivity contribution in [3.05, 3.63) is 48.8 Å². The first-order valence-electron chi connectivity index (χ1n) is 15.0. The second-order valence-corrected chi connectivity index (χ2v) is 13.2. The Hall–Kier alpha value is -3.92. The number of esters is 1. The molecule has 47 heavy (non-hydrogen) atoms. The molecule has 2 aromatic heterocycles. The van der Waals surface area contributed by atoms with Gasteiger partial charge in [0.2, 0.25) is 11.8 Å². The maximum absolute atomic E-state index is 15.9. The van der Waals surface area contributed by atoms with Crippen LogP contribution in [-0.4, -0.2) is 87.5 Å². The third kappa shape index (κ3) is 6.75. The molecule has 15 nitrogen and oxygen atoms in total. The Bertz CT molecular complexity index is 1800. The number of benzene rings is 2. The summed E-state index contributed by atoms with van der Waals surface area (Å²) in [5.41, 5.74) is 4.06. The van der Waals surface area contributed by atoms with E-state index in [0.717, 1.165) is 5.39 Å². The summed E-state index contributed by atoms with van der Waals surface area (Å²) in [6.07, 6.45) is -2.81. The van der Waals surface area contributed by atoms with Crippen molar-refractivity contribution >= 4 is 41.6 Å². The summed E-state index contributed by atoms with van der Waals surface area (Å²) in [7, 11) is -3.06. The molecular formula is C30H36FN6O9P. The number of halogens is 1. The predicted octanol–water partition coefficient (Wildman–Crippen LogP) is 3.46. The van der Waals surface area contributed by atoms with Crippen LogP contribution in [0.4, 0.5) is 10.3 Å². The van der Waals surface area contributed by atoms with Gasteiger partial charge in [-0.15, -0.1) is 0 Å². The molecule has 2 aliphatic heterocycles. The summed E-state index contributed by atoms with van der Waals surface area (Å²) in [6.45, 7) is 2.99. The Kier molecular flexibility index (Phi) is 9.34. The lowest BCUT2D eigenvalue weighted by Gasteiger charge is -2.27. The molecule has 4 N–H and O–H groups in total. The maximum Gasteiger partial charge on any atom is 0.459 e. The van der Waals surface area contributed by atoms with Crippen LogP contribution in [0.3, 0.4) is 0 Å². The third-order valence-electron chi connectivity index (χ3n) is 8.07. The van der Waals surface area contributed by atoms with Crippen LogP contribution in [0.5, 0.6) is 11.6 Å². The molecule has 0 saturated carbocycles. The summed E-state index contributed by atoms with van der Waals surface area (Å²) in [5, 5.41) is 15.4. The largest absolute Gasteiger partial charge is 0.479 e. The molecule has 0 bridgehead atoms. The van der Waals surface area contributed by atoms with E-state index in [1.54, 1.807) is 24.3 Å². The fourth-order valence-corrected chi connectivity index (χ4v) is 7.11. The van der Waals surface area contributed by atoms with Gasteiger partial charge in [0, 0.05) is 18.2 Å². The number of methoxy groups -OCH3 is 1. The lowest BCUT2D eigenvalue weighted by Crippen LogP contribution is -2.42. The molecule has 2 aliphatic rings. The first-order valence-corrected chi connectivity index (χ1v) is 16.6. The van der Waals surface area contributed by atoms with Crippen molar-refractivity contribution in [3.8, 4) is 11.6 Å². The van der Waals surface area contributed by atoms with Crippen molar-refractivity contribution in [2.24, 2.45) is 0 Å². The van der Waals surface area contributed by atoms with Crippen LogP contribution in [-0.2, 0) is 28.1 Å². The van der Waals surface area contributed by atoms with Crippen molar-refractivity contribution in [2.75, 3.05) is 32.7 Å². The highest BCUT2D eigenvalue weighted by atomic mass is 31.2. The van der Waals surface area contributed by atoms with Crippen LogP contribution in [0.25, 0.3) is 21.9 Å². The van der Waals surface area contributed by atoms with Crippen molar-refractivity contribution in [2.45, 2.75) is 62.9 Å². The minimum Gasteiger partial charge on any atom is -0.479 e. The SMILES string of the molecule is COc1nc(N)nc2c1ncn2C1OC(COP(=O)(NC(C)C(=O)OC2CCOCC2)Oc2cccc3ccccc23)C(F)C1(C)O. The number of hydrogen-bond donors (Lipinski definition) is 3. The van der Waals surface area contributed by atoms with Gasteiger partial charge in [-0.1, -0.05) is 36.4 Å². The van der Waals surface area contributed by atoms with E-state index in [1.807, 2.05) is 18.2 Å². The number of nitrogens with one attached hydrogen (secondary N) is 1. The van der Waals surface area contributed by atoms with E-state index in [2.05, 4.69) is 20.0 Å². The van der Waals surface area contributed by atoms with E-state index >= 15 is 4.39 Å². The van der Waals surface area contributed by atoms with Gasteiger partial charge in [-0.25, -0.2) is 13.9 Å². The van der Waals surface area contributed by atoms with E-state index in [9.17, 15) is 14.5 Å². The van der Waals surface area contributed by atoms with Crippen LogP contribution in [0.1, 0.15) is 32.9 Å². The molecule has 6 unspecified atom stereocenters. The second kappa shape index (κ2) is 13.3. The lowest BCUT2D eigenvalue weighted by atomic mass is 9.98. The Morgan fingerprint density at radius 1 is 1.23 bits per heavy atom. The van der Waals surface area contributed by atoms with Crippen molar-refractivity contribution in [1.29, 1.82) is 0 Å². The van der Waals surface area contributed by atoms with Crippen LogP contribution in [0.2, 0.25) is 0 Å². The Morgan fingerprint density at radius 2 is 1.98 bits per heavy atom. The minimum atomic E-state index is -4.44. The topological polar surface area (TPSA) is 191 Å². The van der Waals surface area contributed by atoms with Gasteiger partial charge in [0.15, 0.2) is 23.6 Å². The van der Waals surface area contributed by atoms with Gasteiger partial charge < -0.3 is 34.3 Å². The number of nitrogens with zero attached hydrogens (tertiary/aromatic N) is 4. The highest BCUT2D eigenvalue weighted by Crippen LogP contribution is 2.49. The molecule has 4 heterocycles. The van der Waals surface area contributed by atoms with E-state index in [1.165, 1.54) is 31.9 Å². The standard InChI is InChI=1S/C30H36FN6O9P/c1-17(27(38)44-19-11-13-42-14-12-19)36-47(40,46-21-10-6-8-18-7-4-5-9-20(18)21)43-15-22-24(31)30(2,39)28(45-22)37-16-33-23-25(37)34-29(32)35-26(23)41-3/h4-10,16-17,19,22,24,28,39H,11-15H2,1-3H3,(H,36,40)(H2,32,34,35). The molecule has 4 aromatic rings. The van der Waals surface area contributed by atoms with Gasteiger partial charge in [-0.05, 0) is 25.3 Å². The fourth-order valence-electron chi connectivity index (χ4n) is 5.59. The normalized spacial score (nSPS) is 25.4. The monoisotopic (exact) mass is 674 g/mol. The van der Waals surface area contributed by atoms with Gasteiger partial charge in [0.05, 0.1) is 33.3 Å². The van der Waals surface area contributed by atoms with Gasteiger partial charge in [0.25, 0.3) is 0 Å². The summed E-state index contributed by atoms with van der Waals surface area (Å²) in [6, 6.07) is 11.3. The van der Waals surface area contributed by atoms with Crippen molar-refractivity contribution in [1.82, 2.24) is 24.6 Å². The number of nitrogen functional groups attached to an aromatic ring is 1. The molecule has 0 aliphatic carbocycles. The third-order valence-corrected chi connectivity index (χ3v) is 9.70. The van der Waals surface area contributed by atoms with E-state index in [-0.39, 0.29) is 34.8 Å². The number of aromatic nitrogens is 4. The summed E-state index contributed by atoms with van der Waals surface area (Å²) in [5.74, 6) is -0.515. The average molecular weight is 675 g/mol. The summed E-state index contributed by atoms with van der Waals surface area (Å²) in [4.78, 5) is 25.4. The minimum absolute atomic E-state index is 0.0858. The van der Waals surface area contributed by atoms with E-state index in [0.29, 0.717) is 31.4 Å². The molecule has 2 saturated heterocycles. The number of imidazole rings is 1. The van der Waals surface area contributed by atoms with Crippen LogP contribution < -0.4 is 20.1 Å². The number of rotatable bonds is 11. The number of carbonyl (C=O) groups is 1. The molecule has 6 atom stereocenters. The Balaban J connectivity index is 1.24. The van der Waals surface area contributed by atoms with Gasteiger partial charge in [-0.2, -0.15) is 15.1 Å². The molecule has 6 rings (SSSR count). The van der Waals surface area contributed by atoms with Crippen LogP contribution >= 0.6 is 7.75 Å². The molecule has 252 valence electrons. The maximum atomic E-state index is 15.9. The highest BCUT2D eigenvalue weighted by molar-refractivity contribution is 7.52. The summed E-state index contributed by atoms with van der Waals surface area (Å²) < 4.78 is 65.4. The lowest BCUT2D eigenvalue weighted by molar-refractivity contribution is -0.154. The van der Waals surface area contributed by atoms with E-state index in [4.69, 9.17) is 33.7 Å². The fraction of sp³-hybridized carbons (Fsp3) is 0.467.